The minimum absolute atomic E-state index is 1.10. The van der Waals surface area contributed by atoms with Crippen molar-refractivity contribution in [2.75, 3.05) is 0 Å². The number of hydrogen-bond donors (Lipinski definition) is 0. The zero-order chi connectivity index (χ0) is 18.0. The van der Waals surface area contributed by atoms with Gasteiger partial charge in [0.2, 0.25) is 0 Å². The van der Waals surface area contributed by atoms with Gasteiger partial charge in [-0.05, 0) is 46.3 Å². The molecule has 2 aromatic heterocycles. The molecule has 0 bridgehead atoms. The summed E-state index contributed by atoms with van der Waals surface area (Å²) in [4.78, 5) is 0. The first-order valence-electron chi connectivity index (χ1n) is 8.91. The lowest BCUT2D eigenvalue weighted by molar-refractivity contribution is 1.17. The van der Waals surface area contributed by atoms with Crippen LogP contribution in [-0.4, -0.2) is 4.57 Å². The Labute approximate surface area is 168 Å². The fraction of sp³-hybridized carbons (Fsp3) is 0. The maximum atomic E-state index is 3.75. The van der Waals surface area contributed by atoms with E-state index in [0.717, 1.165) is 4.47 Å². The van der Waals surface area contributed by atoms with Crippen molar-refractivity contribution in [2.45, 2.75) is 0 Å². The van der Waals surface area contributed by atoms with E-state index in [1.807, 2.05) is 11.3 Å². The molecule has 0 amide bonds. The van der Waals surface area contributed by atoms with Crippen molar-refractivity contribution < 1.29 is 0 Å². The van der Waals surface area contributed by atoms with Gasteiger partial charge in [0.1, 0.15) is 0 Å². The SMILES string of the molecule is Brc1ccccc1-n1c2ccccc2c2c3sc4ccccc4c3ccc21. The molecule has 6 aromatic rings. The van der Waals surface area contributed by atoms with Gasteiger partial charge in [-0.3, -0.25) is 0 Å². The highest BCUT2D eigenvalue weighted by Gasteiger charge is 2.17. The lowest BCUT2D eigenvalue weighted by Crippen LogP contribution is -1.94. The summed E-state index contributed by atoms with van der Waals surface area (Å²) in [6.45, 7) is 0. The van der Waals surface area contributed by atoms with E-state index in [9.17, 15) is 0 Å². The summed E-state index contributed by atoms with van der Waals surface area (Å²) in [7, 11) is 0. The monoisotopic (exact) mass is 427 g/mol. The number of fused-ring (bicyclic) bond motifs is 7. The predicted molar refractivity (Wildman–Crippen MR) is 121 cm³/mol. The van der Waals surface area contributed by atoms with Gasteiger partial charge in [-0.2, -0.15) is 0 Å². The molecule has 0 spiro atoms. The fourth-order valence-corrected chi connectivity index (χ4v) is 5.85. The fourth-order valence-electron chi connectivity index (χ4n) is 4.13. The van der Waals surface area contributed by atoms with E-state index in [4.69, 9.17) is 0 Å². The molecular weight excluding hydrogens is 414 g/mol. The summed E-state index contributed by atoms with van der Waals surface area (Å²) in [6.07, 6.45) is 0. The Morgan fingerprint density at radius 3 is 2.26 bits per heavy atom. The highest BCUT2D eigenvalue weighted by atomic mass is 79.9. The van der Waals surface area contributed by atoms with Crippen LogP contribution in [0.4, 0.5) is 0 Å². The number of hydrogen-bond acceptors (Lipinski definition) is 1. The molecule has 0 N–H and O–H groups in total. The van der Waals surface area contributed by atoms with Crippen LogP contribution in [0.1, 0.15) is 0 Å². The van der Waals surface area contributed by atoms with Crippen LogP contribution >= 0.6 is 27.3 Å². The van der Waals surface area contributed by atoms with Crippen LogP contribution in [-0.2, 0) is 0 Å². The van der Waals surface area contributed by atoms with Gasteiger partial charge in [0.15, 0.2) is 0 Å². The molecule has 0 saturated heterocycles. The average molecular weight is 428 g/mol. The molecular formula is C24H14BrNS. The van der Waals surface area contributed by atoms with Gasteiger partial charge in [-0.1, -0.05) is 54.6 Å². The highest BCUT2D eigenvalue weighted by molar-refractivity contribution is 9.10. The van der Waals surface area contributed by atoms with Crippen molar-refractivity contribution in [2.24, 2.45) is 0 Å². The van der Waals surface area contributed by atoms with Crippen molar-refractivity contribution in [1.82, 2.24) is 4.57 Å². The molecule has 6 rings (SSSR count). The van der Waals surface area contributed by atoms with Gasteiger partial charge in [0, 0.05) is 35.4 Å². The number of nitrogens with zero attached hydrogens (tertiary/aromatic N) is 1. The Bertz CT molecular complexity index is 1490. The van der Waals surface area contributed by atoms with Crippen LogP contribution in [0.2, 0.25) is 0 Å². The van der Waals surface area contributed by atoms with E-state index in [1.54, 1.807) is 0 Å². The molecule has 0 aliphatic rings. The van der Waals surface area contributed by atoms with E-state index in [1.165, 1.54) is 47.7 Å². The van der Waals surface area contributed by atoms with Crippen molar-refractivity contribution in [3.8, 4) is 5.69 Å². The van der Waals surface area contributed by atoms with Crippen molar-refractivity contribution in [1.29, 1.82) is 0 Å². The molecule has 1 nitrogen and oxygen atoms in total. The van der Waals surface area contributed by atoms with E-state index in [0.29, 0.717) is 0 Å². The third kappa shape index (κ3) is 2.10. The Morgan fingerprint density at radius 2 is 1.37 bits per heavy atom. The molecule has 0 saturated carbocycles. The minimum Gasteiger partial charge on any atom is -0.308 e. The number of halogens is 1. The zero-order valence-electron chi connectivity index (χ0n) is 14.3. The number of aromatic nitrogens is 1. The quantitative estimate of drug-likeness (QED) is 0.251. The number of rotatable bonds is 1. The Kier molecular flexibility index (Phi) is 3.25. The first kappa shape index (κ1) is 15.4. The van der Waals surface area contributed by atoms with Gasteiger partial charge in [0.25, 0.3) is 0 Å². The number of thiophene rings is 1. The smallest absolute Gasteiger partial charge is 0.0604 e. The summed E-state index contributed by atoms with van der Waals surface area (Å²) >= 11 is 5.64. The summed E-state index contributed by atoms with van der Waals surface area (Å²) in [5.74, 6) is 0. The van der Waals surface area contributed by atoms with Crippen LogP contribution in [0.3, 0.4) is 0 Å². The van der Waals surface area contributed by atoms with E-state index in [2.05, 4.69) is 105 Å². The molecule has 3 heteroatoms. The van der Waals surface area contributed by atoms with E-state index in [-0.39, 0.29) is 0 Å². The average Bonchev–Trinajstić information content (AvgIpc) is 3.24. The molecule has 4 aromatic carbocycles. The molecule has 0 fully saturated rings. The molecule has 0 atom stereocenters. The molecule has 2 heterocycles. The summed E-state index contributed by atoms with van der Waals surface area (Å²) in [5.41, 5.74) is 3.66. The third-order valence-electron chi connectivity index (χ3n) is 5.27. The van der Waals surface area contributed by atoms with Crippen molar-refractivity contribution >= 4 is 69.2 Å². The molecule has 128 valence electrons. The lowest BCUT2D eigenvalue weighted by Gasteiger charge is -2.09. The van der Waals surface area contributed by atoms with Gasteiger partial charge < -0.3 is 4.57 Å². The van der Waals surface area contributed by atoms with Crippen LogP contribution in [0.25, 0.3) is 47.7 Å². The Morgan fingerprint density at radius 1 is 0.630 bits per heavy atom. The molecule has 0 radical (unpaired) electrons. The second-order valence-electron chi connectivity index (χ2n) is 6.74. The largest absolute Gasteiger partial charge is 0.308 e. The van der Waals surface area contributed by atoms with Crippen LogP contribution in [0.15, 0.2) is 89.4 Å². The predicted octanol–water partition coefficient (Wildman–Crippen LogP) is 7.91. The maximum absolute atomic E-state index is 3.75. The zero-order valence-corrected chi connectivity index (χ0v) is 16.7. The lowest BCUT2D eigenvalue weighted by atomic mass is 10.1. The topological polar surface area (TPSA) is 4.93 Å². The second-order valence-corrected chi connectivity index (χ2v) is 8.65. The van der Waals surface area contributed by atoms with Crippen molar-refractivity contribution in [3.63, 3.8) is 0 Å². The Balaban J connectivity index is 1.89. The van der Waals surface area contributed by atoms with Gasteiger partial charge in [-0.25, -0.2) is 0 Å². The molecule has 0 aliphatic carbocycles. The van der Waals surface area contributed by atoms with Crippen LogP contribution in [0, 0.1) is 0 Å². The molecule has 0 unspecified atom stereocenters. The number of para-hydroxylation sites is 2. The van der Waals surface area contributed by atoms with Gasteiger partial charge in [0.05, 0.1) is 16.7 Å². The first-order valence-corrected chi connectivity index (χ1v) is 10.5. The molecule has 27 heavy (non-hydrogen) atoms. The summed E-state index contributed by atoms with van der Waals surface area (Å²) in [5, 5.41) is 5.34. The van der Waals surface area contributed by atoms with Gasteiger partial charge in [-0.15, -0.1) is 11.3 Å². The normalized spacial score (nSPS) is 11.9. The Hall–Kier alpha value is -2.62. The highest BCUT2D eigenvalue weighted by Crippen LogP contribution is 2.43. The number of benzene rings is 4. The second kappa shape index (κ2) is 5.69. The first-order chi connectivity index (χ1) is 13.3. The molecule has 0 aliphatic heterocycles. The van der Waals surface area contributed by atoms with Gasteiger partial charge >= 0.3 is 0 Å². The van der Waals surface area contributed by atoms with E-state index < -0.39 is 0 Å². The van der Waals surface area contributed by atoms with Crippen molar-refractivity contribution in [3.05, 3.63) is 89.4 Å². The standard InChI is InChI=1S/C24H14BrNS/c25-18-9-3-5-11-20(18)26-19-10-4-1-8-17(19)23-21(26)14-13-16-15-7-2-6-12-22(15)27-24(16)23/h1-14H. The van der Waals surface area contributed by atoms with Crippen LogP contribution in [0.5, 0.6) is 0 Å². The maximum Gasteiger partial charge on any atom is 0.0604 e. The summed E-state index contributed by atoms with van der Waals surface area (Å²) < 4.78 is 6.19. The minimum atomic E-state index is 1.10. The summed E-state index contributed by atoms with van der Waals surface area (Å²) in [6, 6.07) is 30.4. The van der Waals surface area contributed by atoms with Crippen LogP contribution < -0.4 is 0 Å². The third-order valence-corrected chi connectivity index (χ3v) is 7.15. The van der Waals surface area contributed by atoms with E-state index >= 15 is 0 Å².